The molecule has 0 saturated carbocycles. The molecule has 0 rings (SSSR count). The number of aliphatic hydroxyl groups is 4. The Morgan fingerprint density at radius 2 is 1.67 bits per heavy atom. The van der Waals surface area contributed by atoms with Gasteiger partial charge >= 0.3 is 0 Å². The monoisotopic (exact) mass is 310 g/mol. The van der Waals surface area contributed by atoms with Crippen LogP contribution in [0.15, 0.2) is 0 Å². The Balaban J connectivity index is 4.18. The lowest BCUT2D eigenvalue weighted by Crippen LogP contribution is -2.60. The topological polar surface area (TPSA) is 168 Å². The van der Waals surface area contributed by atoms with Gasteiger partial charge in [0.05, 0.1) is 26.4 Å². The number of hydrogen-bond acceptors (Lipinski definition) is 9. The summed E-state index contributed by atoms with van der Waals surface area (Å²) in [4.78, 5) is 11.1. The van der Waals surface area contributed by atoms with Crippen LogP contribution in [0.3, 0.4) is 0 Å². The Morgan fingerprint density at radius 1 is 1.10 bits per heavy atom. The molecule has 0 saturated heterocycles. The molecule has 0 bridgehead atoms. The van der Waals surface area contributed by atoms with Gasteiger partial charge in [-0.05, 0) is 6.42 Å². The van der Waals surface area contributed by atoms with Crippen molar-refractivity contribution in [2.75, 3.05) is 39.6 Å². The zero-order chi connectivity index (χ0) is 16.3. The number of carbonyl (C=O) groups is 1. The number of carbonyl (C=O) groups excluding carboxylic acids is 1. The summed E-state index contributed by atoms with van der Waals surface area (Å²) in [6.45, 7) is 0.732. The lowest BCUT2D eigenvalue weighted by molar-refractivity contribution is -0.131. The van der Waals surface area contributed by atoms with Crippen molar-refractivity contribution in [3.63, 3.8) is 0 Å². The third kappa shape index (κ3) is 7.25. The van der Waals surface area contributed by atoms with Gasteiger partial charge in [-0.2, -0.15) is 0 Å². The van der Waals surface area contributed by atoms with Crippen LogP contribution in [0.25, 0.3) is 0 Å². The van der Waals surface area contributed by atoms with Gasteiger partial charge in [-0.15, -0.1) is 0 Å². The predicted molar refractivity (Wildman–Crippen MR) is 73.4 cm³/mol. The quantitative estimate of drug-likeness (QED) is 0.148. The van der Waals surface area contributed by atoms with E-state index in [1.54, 1.807) is 0 Å². The van der Waals surface area contributed by atoms with Crippen LogP contribution in [0.2, 0.25) is 0 Å². The van der Waals surface area contributed by atoms with Gasteiger partial charge in [0.1, 0.15) is 30.1 Å². The highest BCUT2D eigenvalue weighted by Gasteiger charge is 2.40. The fraction of sp³-hybridized carbons (Fsp3) is 0.917. The third-order valence-corrected chi connectivity index (χ3v) is 2.99. The average Bonchev–Trinajstić information content (AvgIpc) is 2.51. The van der Waals surface area contributed by atoms with Gasteiger partial charge in [0.2, 0.25) is 0 Å². The molecular weight excluding hydrogens is 284 g/mol. The van der Waals surface area contributed by atoms with Gasteiger partial charge < -0.3 is 46.2 Å². The maximum absolute atomic E-state index is 11.1. The van der Waals surface area contributed by atoms with E-state index in [0.29, 0.717) is 26.0 Å². The Morgan fingerprint density at radius 3 is 2.14 bits per heavy atom. The van der Waals surface area contributed by atoms with Crippen molar-refractivity contribution < 1.29 is 34.7 Å². The first-order valence-corrected chi connectivity index (χ1v) is 6.68. The van der Waals surface area contributed by atoms with E-state index < -0.39 is 30.5 Å². The van der Waals surface area contributed by atoms with Crippen LogP contribution in [0.1, 0.15) is 6.42 Å². The Hall–Kier alpha value is -0.650. The summed E-state index contributed by atoms with van der Waals surface area (Å²) >= 11 is 0. The summed E-state index contributed by atoms with van der Waals surface area (Å²) in [6, 6.07) is 0. The van der Waals surface area contributed by atoms with Crippen LogP contribution in [-0.4, -0.2) is 90.1 Å². The predicted octanol–water partition coefficient (Wildman–Crippen LogP) is -3.66. The number of hydrogen-bond donors (Lipinski definition) is 6. The van der Waals surface area contributed by atoms with Crippen molar-refractivity contribution >= 4 is 6.29 Å². The molecule has 0 heterocycles. The molecule has 1 unspecified atom stereocenters. The van der Waals surface area contributed by atoms with Gasteiger partial charge in [0.25, 0.3) is 0 Å². The summed E-state index contributed by atoms with van der Waals surface area (Å²) < 4.78 is 10.3. The molecular formula is C12H26N2O7. The van der Waals surface area contributed by atoms with Crippen molar-refractivity contribution in [1.29, 1.82) is 0 Å². The molecule has 0 fully saturated rings. The second-order valence-corrected chi connectivity index (χ2v) is 4.68. The highest BCUT2D eigenvalue weighted by molar-refractivity contribution is 5.65. The fourth-order valence-corrected chi connectivity index (χ4v) is 1.57. The fourth-order valence-electron chi connectivity index (χ4n) is 1.57. The molecule has 0 aromatic heterocycles. The molecule has 9 nitrogen and oxygen atoms in total. The zero-order valence-corrected chi connectivity index (χ0v) is 11.9. The highest BCUT2D eigenvalue weighted by Crippen LogP contribution is 2.15. The van der Waals surface area contributed by atoms with E-state index in [-0.39, 0.29) is 19.6 Å². The van der Waals surface area contributed by atoms with Gasteiger partial charge in [-0.3, -0.25) is 0 Å². The molecule has 126 valence electrons. The molecule has 0 aliphatic heterocycles. The number of aliphatic hydroxyl groups excluding tert-OH is 4. The minimum atomic E-state index is -1.78. The first kappa shape index (κ1) is 20.3. The minimum Gasteiger partial charge on any atom is -0.394 e. The first-order valence-electron chi connectivity index (χ1n) is 6.68. The van der Waals surface area contributed by atoms with Crippen molar-refractivity contribution in [3.05, 3.63) is 0 Å². The van der Waals surface area contributed by atoms with Crippen molar-refractivity contribution in [2.24, 2.45) is 11.5 Å². The van der Waals surface area contributed by atoms with Crippen molar-refractivity contribution in [3.8, 4) is 0 Å². The lowest BCUT2D eigenvalue weighted by Gasteiger charge is -2.33. The van der Waals surface area contributed by atoms with E-state index in [0.717, 1.165) is 0 Å². The Labute approximate surface area is 123 Å². The molecule has 0 radical (unpaired) electrons. The number of rotatable bonds is 13. The second-order valence-electron chi connectivity index (χ2n) is 4.68. The summed E-state index contributed by atoms with van der Waals surface area (Å²) in [6.07, 6.45) is -4.83. The standard InChI is InChI=1S/C12H26N2O7/c13-2-4-21-6-5-20-3-1-12(14,8-16)11(19)10(18)9(17)7-15/h8-11,15,17-19H,1-7,13-14H2/t9-,10+,11+,12?/m1/s1. The maximum atomic E-state index is 11.1. The third-order valence-electron chi connectivity index (χ3n) is 2.99. The number of nitrogens with two attached hydrogens (primary N) is 2. The molecule has 0 spiro atoms. The minimum absolute atomic E-state index is 0.0558. The zero-order valence-electron chi connectivity index (χ0n) is 11.9. The second kappa shape index (κ2) is 11.0. The van der Waals surface area contributed by atoms with Gasteiger partial charge in [0, 0.05) is 13.2 Å². The van der Waals surface area contributed by atoms with E-state index >= 15 is 0 Å². The molecule has 0 amide bonds. The summed E-state index contributed by atoms with van der Waals surface area (Å²) in [5, 5.41) is 37.4. The van der Waals surface area contributed by atoms with Gasteiger partial charge in [-0.1, -0.05) is 0 Å². The van der Waals surface area contributed by atoms with E-state index in [4.69, 9.17) is 26.0 Å². The normalized spacial score (nSPS) is 18.8. The maximum Gasteiger partial charge on any atom is 0.142 e. The largest absolute Gasteiger partial charge is 0.394 e. The summed E-state index contributed by atoms with van der Waals surface area (Å²) in [5.41, 5.74) is 9.15. The molecule has 0 aliphatic carbocycles. The molecule has 0 aromatic carbocycles. The van der Waals surface area contributed by atoms with Crippen molar-refractivity contribution in [2.45, 2.75) is 30.3 Å². The van der Waals surface area contributed by atoms with E-state index in [9.17, 15) is 20.1 Å². The molecule has 9 heteroatoms. The lowest BCUT2D eigenvalue weighted by atomic mass is 9.86. The summed E-state index contributed by atoms with van der Waals surface area (Å²) in [7, 11) is 0. The van der Waals surface area contributed by atoms with Crippen molar-refractivity contribution in [1.82, 2.24) is 0 Å². The van der Waals surface area contributed by atoms with Gasteiger partial charge in [0.15, 0.2) is 0 Å². The van der Waals surface area contributed by atoms with Crippen LogP contribution in [-0.2, 0) is 14.3 Å². The van der Waals surface area contributed by atoms with Crippen LogP contribution >= 0.6 is 0 Å². The van der Waals surface area contributed by atoms with Crippen LogP contribution in [0.5, 0.6) is 0 Å². The number of ether oxygens (including phenoxy) is 2. The van der Waals surface area contributed by atoms with Crippen LogP contribution in [0, 0.1) is 0 Å². The molecule has 0 aliphatic rings. The summed E-state index contributed by atoms with van der Waals surface area (Å²) in [5.74, 6) is 0. The SMILES string of the molecule is NCCOCCOCCC(N)(C=O)[C@@H](O)[C@@H](O)[C@H](O)CO. The Bertz CT molecular complexity index is 282. The van der Waals surface area contributed by atoms with Gasteiger partial charge in [-0.25, -0.2) is 0 Å². The van der Waals surface area contributed by atoms with Crippen LogP contribution < -0.4 is 11.5 Å². The molecule has 4 atom stereocenters. The Kier molecular flexibility index (Phi) is 10.6. The average molecular weight is 310 g/mol. The molecule has 0 aromatic rings. The highest BCUT2D eigenvalue weighted by atomic mass is 16.5. The van der Waals surface area contributed by atoms with Crippen LogP contribution in [0.4, 0.5) is 0 Å². The van der Waals surface area contributed by atoms with E-state index in [2.05, 4.69) is 0 Å². The first-order chi connectivity index (χ1) is 9.92. The molecule has 8 N–H and O–H groups in total. The van der Waals surface area contributed by atoms with E-state index in [1.165, 1.54) is 0 Å². The van der Waals surface area contributed by atoms with E-state index in [1.807, 2.05) is 0 Å². The number of aldehydes is 1. The smallest absolute Gasteiger partial charge is 0.142 e. The molecule has 21 heavy (non-hydrogen) atoms.